The summed E-state index contributed by atoms with van der Waals surface area (Å²) in [4.78, 5) is 32.1. The van der Waals surface area contributed by atoms with Crippen molar-refractivity contribution in [2.24, 2.45) is 5.92 Å². The molecule has 0 aromatic carbocycles. The van der Waals surface area contributed by atoms with E-state index in [1.54, 1.807) is 4.90 Å². The summed E-state index contributed by atoms with van der Waals surface area (Å²) in [5.74, 6) is -0.602. The maximum absolute atomic E-state index is 12.5. The smallest absolute Gasteiger partial charge is 0.231 e. The van der Waals surface area contributed by atoms with Crippen LogP contribution in [-0.2, 0) is 32.3 Å². The highest BCUT2D eigenvalue weighted by Gasteiger charge is 2.42. The molecule has 0 radical (unpaired) electrons. The molecule has 2 fully saturated rings. The van der Waals surface area contributed by atoms with E-state index >= 15 is 0 Å². The summed E-state index contributed by atoms with van der Waals surface area (Å²) >= 11 is 1.53. The monoisotopic (exact) mass is 383 g/mol. The van der Waals surface area contributed by atoms with Crippen LogP contribution < -0.4 is 5.32 Å². The lowest BCUT2D eigenvalue weighted by molar-refractivity contribution is -0.129. The summed E-state index contributed by atoms with van der Waals surface area (Å²) in [6, 6.07) is -0.275. The highest BCUT2D eigenvalue weighted by atomic mass is 32.2. The van der Waals surface area contributed by atoms with Crippen LogP contribution in [-0.4, -0.2) is 54.2 Å². The zero-order chi connectivity index (χ0) is 17.6. The fourth-order valence-electron chi connectivity index (χ4n) is 3.89. The second kappa shape index (κ2) is 6.35. The Balaban J connectivity index is 1.40. The van der Waals surface area contributed by atoms with Gasteiger partial charge in [-0.05, 0) is 32.1 Å². The molecule has 25 heavy (non-hydrogen) atoms. The van der Waals surface area contributed by atoms with Gasteiger partial charge in [-0.2, -0.15) is 0 Å². The minimum Gasteiger partial charge on any atom is -0.338 e. The van der Waals surface area contributed by atoms with Crippen LogP contribution in [0.1, 0.15) is 36.3 Å². The van der Waals surface area contributed by atoms with Crippen LogP contribution in [0.3, 0.4) is 0 Å². The molecule has 9 heteroatoms. The number of hydrogen-bond acceptors (Lipinski definition) is 6. The van der Waals surface area contributed by atoms with Crippen molar-refractivity contribution in [2.75, 3.05) is 23.4 Å². The SMILES string of the molecule is O=C(Nc1nc2c(s1)CCCC2)C1CC(=O)N(C2CCS(=O)(=O)C2)C1. The van der Waals surface area contributed by atoms with E-state index in [2.05, 4.69) is 10.3 Å². The average molecular weight is 383 g/mol. The van der Waals surface area contributed by atoms with Gasteiger partial charge in [0.2, 0.25) is 11.8 Å². The molecule has 2 amide bonds. The van der Waals surface area contributed by atoms with E-state index in [0.29, 0.717) is 18.1 Å². The lowest BCUT2D eigenvalue weighted by atomic mass is 10.0. The van der Waals surface area contributed by atoms with E-state index in [-0.39, 0.29) is 35.8 Å². The second-order valence-electron chi connectivity index (χ2n) is 7.09. The molecule has 0 saturated carbocycles. The first kappa shape index (κ1) is 17.0. The number of nitrogens with zero attached hydrogens (tertiary/aromatic N) is 2. The van der Waals surface area contributed by atoms with Crippen LogP contribution in [0, 0.1) is 5.92 Å². The number of sulfone groups is 1. The molecule has 2 aliphatic heterocycles. The van der Waals surface area contributed by atoms with Crippen LogP contribution >= 0.6 is 11.3 Å². The molecular formula is C16H21N3O4S2. The molecule has 7 nitrogen and oxygen atoms in total. The molecule has 1 aromatic rings. The highest BCUT2D eigenvalue weighted by molar-refractivity contribution is 7.91. The van der Waals surface area contributed by atoms with Gasteiger partial charge >= 0.3 is 0 Å². The molecule has 2 unspecified atom stereocenters. The third-order valence-electron chi connectivity index (χ3n) is 5.25. The molecule has 136 valence electrons. The number of carbonyl (C=O) groups is 2. The lowest BCUT2D eigenvalue weighted by Gasteiger charge is -2.22. The first-order valence-electron chi connectivity index (χ1n) is 8.70. The molecule has 0 spiro atoms. The topological polar surface area (TPSA) is 96.4 Å². The zero-order valence-electron chi connectivity index (χ0n) is 13.9. The molecule has 1 N–H and O–H groups in total. The molecule has 2 saturated heterocycles. The Morgan fingerprint density at radius 3 is 2.80 bits per heavy atom. The van der Waals surface area contributed by atoms with Gasteiger partial charge in [0.15, 0.2) is 15.0 Å². The quantitative estimate of drug-likeness (QED) is 0.840. The van der Waals surface area contributed by atoms with Crippen LogP contribution in [0.25, 0.3) is 0 Å². The van der Waals surface area contributed by atoms with Gasteiger partial charge in [-0.25, -0.2) is 13.4 Å². The number of likely N-dealkylation sites (tertiary alicyclic amines) is 1. The predicted octanol–water partition coefficient (Wildman–Crippen LogP) is 0.996. The molecule has 3 heterocycles. The van der Waals surface area contributed by atoms with E-state index < -0.39 is 15.8 Å². The van der Waals surface area contributed by atoms with Crippen LogP contribution in [0.2, 0.25) is 0 Å². The molecule has 0 bridgehead atoms. The van der Waals surface area contributed by atoms with Crippen molar-refractivity contribution in [3.63, 3.8) is 0 Å². The molecule has 1 aromatic heterocycles. The Morgan fingerprint density at radius 1 is 1.28 bits per heavy atom. The van der Waals surface area contributed by atoms with Crippen molar-refractivity contribution in [3.8, 4) is 0 Å². The number of nitrogens with one attached hydrogen (secondary N) is 1. The van der Waals surface area contributed by atoms with Gasteiger partial charge in [0.05, 0.1) is 23.1 Å². The Hall–Kier alpha value is -1.48. The fourth-order valence-corrected chi connectivity index (χ4v) is 6.68. The van der Waals surface area contributed by atoms with E-state index in [9.17, 15) is 18.0 Å². The summed E-state index contributed by atoms with van der Waals surface area (Å²) < 4.78 is 23.3. The Labute approximate surface area is 150 Å². The predicted molar refractivity (Wildman–Crippen MR) is 94.3 cm³/mol. The first-order chi connectivity index (χ1) is 11.9. The number of carbonyl (C=O) groups excluding carboxylic acids is 2. The molecule has 1 aliphatic carbocycles. The van der Waals surface area contributed by atoms with E-state index in [4.69, 9.17) is 0 Å². The van der Waals surface area contributed by atoms with Crippen molar-refractivity contribution < 1.29 is 18.0 Å². The number of aryl methyl sites for hydroxylation is 2. The van der Waals surface area contributed by atoms with Crippen LogP contribution in [0.15, 0.2) is 0 Å². The molecule has 4 rings (SSSR count). The maximum atomic E-state index is 12.5. The third kappa shape index (κ3) is 3.44. The highest BCUT2D eigenvalue weighted by Crippen LogP contribution is 2.31. The van der Waals surface area contributed by atoms with E-state index in [1.807, 2.05) is 0 Å². The fraction of sp³-hybridized carbons (Fsp3) is 0.688. The Morgan fingerprint density at radius 2 is 2.08 bits per heavy atom. The van der Waals surface area contributed by atoms with Gasteiger partial charge < -0.3 is 10.2 Å². The molecular weight excluding hydrogens is 362 g/mol. The number of fused-ring (bicyclic) bond motifs is 1. The zero-order valence-corrected chi connectivity index (χ0v) is 15.5. The van der Waals surface area contributed by atoms with Gasteiger partial charge in [0.25, 0.3) is 0 Å². The maximum Gasteiger partial charge on any atom is 0.231 e. The summed E-state index contributed by atoms with van der Waals surface area (Å²) in [6.07, 6.45) is 4.91. The second-order valence-corrected chi connectivity index (χ2v) is 10.4. The largest absolute Gasteiger partial charge is 0.338 e. The van der Waals surface area contributed by atoms with Gasteiger partial charge in [-0.1, -0.05) is 0 Å². The Bertz CT molecular complexity index is 794. The van der Waals surface area contributed by atoms with E-state index in [1.165, 1.54) is 22.6 Å². The van der Waals surface area contributed by atoms with Gasteiger partial charge in [0.1, 0.15) is 0 Å². The lowest BCUT2D eigenvalue weighted by Crippen LogP contribution is -2.38. The first-order valence-corrected chi connectivity index (χ1v) is 11.3. The number of hydrogen-bond donors (Lipinski definition) is 1. The molecule has 2 atom stereocenters. The Kier molecular flexibility index (Phi) is 4.31. The van der Waals surface area contributed by atoms with Gasteiger partial charge in [-0.15, -0.1) is 11.3 Å². The number of aromatic nitrogens is 1. The molecule has 3 aliphatic rings. The average Bonchev–Trinajstić information content (AvgIpc) is 3.23. The van der Waals surface area contributed by atoms with Crippen molar-refractivity contribution in [2.45, 2.75) is 44.6 Å². The summed E-state index contributed by atoms with van der Waals surface area (Å²) in [5, 5.41) is 3.48. The number of anilines is 1. The van der Waals surface area contributed by atoms with Gasteiger partial charge in [-0.3, -0.25) is 9.59 Å². The van der Waals surface area contributed by atoms with Crippen molar-refractivity contribution >= 4 is 38.1 Å². The number of thiazole rings is 1. The minimum absolute atomic E-state index is 0.0201. The minimum atomic E-state index is -3.05. The summed E-state index contributed by atoms with van der Waals surface area (Å²) in [7, 11) is -3.05. The standard InChI is InChI=1S/C16H21N3O4S2/c20-14-7-10(8-19(14)11-5-6-25(22,23)9-11)15(21)18-16-17-12-3-1-2-4-13(12)24-16/h10-11H,1-9H2,(H,17,18,21). The third-order valence-corrected chi connectivity index (χ3v) is 8.08. The van der Waals surface area contributed by atoms with E-state index in [0.717, 1.165) is 25.0 Å². The van der Waals surface area contributed by atoms with Crippen molar-refractivity contribution in [1.82, 2.24) is 9.88 Å². The van der Waals surface area contributed by atoms with Crippen LogP contribution in [0.4, 0.5) is 5.13 Å². The van der Waals surface area contributed by atoms with Gasteiger partial charge in [0, 0.05) is 23.9 Å². The number of rotatable bonds is 3. The normalized spacial score (nSPS) is 28.2. The summed E-state index contributed by atoms with van der Waals surface area (Å²) in [6.45, 7) is 0.302. The van der Waals surface area contributed by atoms with Crippen LogP contribution in [0.5, 0.6) is 0 Å². The number of amides is 2. The summed E-state index contributed by atoms with van der Waals surface area (Å²) in [5.41, 5.74) is 1.09. The van der Waals surface area contributed by atoms with Crippen molar-refractivity contribution in [3.05, 3.63) is 10.6 Å². The van der Waals surface area contributed by atoms with Crippen molar-refractivity contribution in [1.29, 1.82) is 0 Å².